The first-order chi connectivity index (χ1) is 11.2. The lowest BCUT2D eigenvalue weighted by Gasteiger charge is -2.17. The Morgan fingerprint density at radius 3 is 2.50 bits per heavy atom. The van der Waals surface area contributed by atoms with Gasteiger partial charge in [-0.05, 0) is 35.9 Å². The number of hydrogen-bond donors (Lipinski definition) is 1. The molecule has 2 aromatic carbocycles. The van der Waals surface area contributed by atoms with Crippen molar-refractivity contribution < 1.29 is 13.2 Å². The van der Waals surface area contributed by atoms with Crippen LogP contribution >= 0.6 is 23.2 Å². The van der Waals surface area contributed by atoms with Gasteiger partial charge in [-0.1, -0.05) is 35.3 Å². The average Bonchev–Trinajstić information content (AvgIpc) is 2.52. The van der Waals surface area contributed by atoms with Crippen molar-refractivity contribution in [2.75, 3.05) is 17.6 Å². The van der Waals surface area contributed by atoms with Gasteiger partial charge in [-0.2, -0.15) is 0 Å². The number of amides is 1. The molecule has 0 aliphatic heterocycles. The Labute approximate surface area is 151 Å². The van der Waals surface area contributed by atoms with Crippen molar-refractivity contribution in [3.63, 3.8) is 0 Å². The Morgan fingerprint density at radius 1 is 1.17 bits per heavy atom. The largest absolute Gasteiger partial charge is 0.348 e. The Kier molecular flexibility index (Phi) is 5.74. The summed E-state index contributed by atoms with van der Waals surface area (Å²) in [6.07, 6.45) is 1.10. The molecule has 8 heteroatoms. The van der Waals surface area contributed by atoms with Gasteiger partial charge in [0.15, 0.2) is 0 Å². The first-order valence-corrected chi connectivity index (χ1v) is 9.55. The predicted octanol–water partition coefficient (Wildman–Crippen LogP) is 3.32. The second-order valence-electron chi connectivity index (χ2n) is 5.20. The van der Waals surface area contributed by atoms with Crippen molar-refractivity contribution in [3.8, 4) is 0 Å². The third-order valence-corrected chi connectivity index (χ3v) is 5.22. The van der Waals surface area contributed by atoms with Gasteiger partial charge in [-0.15, -0.1) is 0 Å². The van der Waals surface area contributed by atoms with E-state index in [9.17, 15) is 13.2 Å². The van der Waals surface area contributed by atoms with Gasteiger partial charge >= 0.3 is 0 Å². The van der Waals surface area contributed by atoms with Gasteiger partial charge in [0.2, 0.25) is 10.0 Å². The summed E-state index contributed by atoms with van der Waals surface area (Å²) in [5.74, 6) is -0.329. The van der Waals surface area contributed by atoms with Gasteiger partial charge < -0.3 is 5.32 Å². The maximum absolute atomic E-state index is 12.3. The van der Waals surface area contributed by atoms with Crippen molar-refractivity contribution in [1.29, 1.82) is 0 Å². The highest BCUT2D eigenvalue weighted by Crippen LogP contribution is 2.21. The molecule has 2 rings (SSSR count). The van der Waals surface area contributed by atoms with E-state index in [4.69, 9.17) is 23.2 Å². The molecule has 1 amide bonds. The van der Waals surface area contributed by atoms with Crippen LogP contribution in [0.25, 0.3) is 0 Å². The number of hydrogen-bond acceptors (Lipinski definition) is 3. The first-order valence-electron chi connectivity index (χ1n) is 6.94. The number of halogens is 2. The lowest BCUT2D eigenvalue weighted by atomic mass is 10.1. The Hall–Kier alpha value is -1.76. The quantitative estimate of drug-likeness (QED) is 0.856. The fourth-order valence-corrected chi connectivity index (χ4v) is 2.95. The Balaban J connectivity index is 2.13. The molecular formula is C16H16Cl2N2O3S. The van der Waals surface area contributed by atoms with E-state index >= 15 is 0 Å². The van der Waals surface area contributed by atoms with Crippen LogP contribution in [0, 0.1) is 0 Å². The van der Waals surface area contributed by atoms with Gasteiger partial charge in [0, 0.05) is 29.2 Å². The summed E-state index contributed by atoms with van der Waals surface area (Å²) in [7, 11) is -1.96. The average molecular weight is 387 g/mol. The van der Waals surface area contributed by atoms with E-state index in [1.54, 1.807) is 36.4 Å². The van der Waals surface area contributed by atoms with E-state index in [2.05, 4.69) is 5.32 Å². The lowest BCUT2D eigenvalue weighted by Crippen LogP contribution is -2.26. The molecule has 5 nitrogen and oxygen atoms in total. The summed E-state index contributed by atoms with van der Waals surface area (Å²) in [5.41, 5.74) is 1.50. The zero-order valence-electron chi connectivity index (χ0n) is 13.1. The van der Waals surface area contributed by atoms with E-state index in [1.807, 2.05) is 0 Å². The van der Waals surface area contributed by atoms with Crippen LogP contribution in [0.2, 0.25) is 10.0 Å². The van der Waals surface area contributed by atoms with Crippen LogP contribution < -0.4 is 9.62 Å². The van der Waals surface area contributed by atoms with Gasteiger partial charge in [0.1, 0.15) is 0 Å². The van der Waals surface area contributed by atoms with Crippen LogP contribution in [0.4, 0.5) is 5.69 Å². The molecule has 0 saturated carbocycles. The molecule has 0 aliphatic rings. The van der Waals surface area contributed by atoms with E-state index in [0.29, 0.717) is 21.3 Å². The molecule has 0 aliphatic carbocycles. The molecule has 0 aromatic heterocycles. The van der Waals surface area contributed by atoms with Crippen LogP contribution in [-0.4, -0.2) is 27.6 Å². The number of carbonyl (C=O) groups excluding carboxylic acids is 1. The van der Waals surface area contributed by atoms with E-state index in [0.717, 1.165) is 16.1 Å². The third kappa shape index (κ3) is 4.63. The molecule has 128 valence electrons. The molecule has 0 atom stereocenters. The maximum atomic E-state index is 12.3. The molecule has 2 aromatic rings. The lowest BCUT2D eigenvalue weighted by molar-refractivity contribution is 0.0951. The fraction of sp³-hybridized carbons (Fsp3) is 0.188. The number of carbonyl (C=O) groups is 1. The molecule has 0 heterocycles. The highest BCUT2D eigenvalue weighted by molar-refractivity contribution is 7.92. The van der Waals surface area contributed by atoms with Crippen LogP contribution in [-0.2, 0) is 16.6 Å². The smallest absolute Gasteiger partial charge is 0.251 e. The number of benzene rings is 2. The molecule has 0 spiro atoms. The predicted molar refractivity (Wildman–Crippen MR) is 97.3 cm³/mol. The highest BCUT2D eigenvalue weighted by Gasteiger charge is 2.14. The number of rotatable bonds is 5. The summed E-state index contributed by atoms with van der Waals surface area (Å²) in [5, 5.41) is 3.73. The number of nitrogens with one attached hydrogen (secondary N) is 1. The highest BCUT2D eigenvalue weighted by atomic mass is 35.5. The summed E-state index contributed by atoms with van der Waals surface area (Å²) in [6, 6.07) is 11.4. The topological polar surface area (TPSA) is 66.5 Å². The summed E-state index contributed by atoms with van der Waals surface area (Å²) in [6.45, 7) is 0.237. The van der Waals surface area contributed by atoms with E-state index in [1.165, 1.54) is 13.1 Å². The van der Waals surface area contributed by atoms with Gasteiger partial charge in [0.25, 0.3) is 5.91 Å². The molecule has 0 bridgehead atoms. The van der Waals surface area contributed by atoms with Crippen LogP contribution in [0.5, 0.6) is 0 Å². The zero-order chi connectivity index (χ0) is 17.9. The maximum Gasteiger partial charge on any atom is 0.251 e. The number of anilines is 1. The molecule has 0 radical (unpaired) electrons. The zero-order valence-corrected chi connectivity index (χ0v) is 15.4. The SMILES string of the molecule is CN(c1cccc(C(=O)NCc2ccc(Cl)cc2Cl)c1)S(C)(=O)=O. The van der Waals surface area contributed by atoms with Crippen molar-refractivity contribution >= 4 is 44.8 Å². The van der Waals surface area contributed by atoms with E-state index in [-0.39, 0.29) is 12.5 Å². The molecule has 24 heavy (non-hydrogen) atoms. The summed E-state index contributed by atoms with van der Waals surface area (Å²) in [4.78, 5) is 12.3. The van der Waals surface area contributed by atoms with Crippen LogP contribution in [0.15, 0.2) is 42.5 Å². The fourth-order valence-electron chi connectivity index (χ4n) is 1.98. The Bertz CT molecular complexity index is 869. The van der Waals surface area contributed by atoms with Crippen LogP contribution in [0.3, 0.4) is 0 Å². The minimum absolute atomic E-state index is 0.237. The normalized spacial score (nSPS) is 11.2. The molecular weight excluding hydrogens is 371 g/mol. The molecule has 0 saturated heterocycles. The second kappa shape index (κ2) is 7.42. The van der Waals surface area contributed by atoms with Crippen molar-refractivity contribution in [2.24, 2.45) is 0 Å². The van der Waals surface area contributed by atoms with Crippen molar-refractivity contribution in [3.05, 3.63) is 63.6 Å². The molecule has 0 fully saturated rings. The second-order valence-corrected chi connectivity index (χ2v) is 8.06. The van der Waals surface area contributed by atoms with Crippen LogP contribution in [0.1, 0.15) is 15.9 Å². The molecule has 0 unspecified atom stereocenters. The number of nitrogens with zero attached hydrogens (tertiary/aromatic N) is 1. The minimum Gasteiger partial charge on any atom is -0.348 e. The first kappa shape index (κ1) is 18.6. The van der Waals surface area contributed by atoms with Crippen molar-refractivity contribution in [2.45, 2.75) is 6.54 Å². The third-order valence-electron chi connectivity index (χ3n) is 3.42. The van der Waals surface area contributed by atoms with E-state index < -0.39 is 10.0 Å². The number of sulfonamides is 1. The Morgan fingerprint density at radius 2 is 1.88 bits per heavy atom. The summed E-state index contributed by atoms with van der Waals surface area (Å²) >= 11 is 11.9. The standard InChI is InChI=1S/C16H16Cl2N2O3S/c1-20(24(2,22)23)14-5-3-4-11(8-14)16(21)19-10-12-6-7-13(17)9-15(12)18/h3-9H,10H2,1-2H3,(H,19,21). The minimum atomic E-state index is -3.39. The van der Waals surface area contributed by atoms with Crippen molar-refractivity contribution in [1.82, 2.24) is 5.32 Å². The van der Waals surface area contributed by atoms with Gasteiger partial charge in [-0.3, -0.25) is 9.10 Å². The monoisotopic (exact) mass is 386 g/mol. The van der Waals surface area contributed by atoms with Gasteiger partial charge in [0.05, 0.1) is 11.9 Å². The summed E-state index contributed by atoms with van der Waals surface area (Å²) < 4.78 is 24.3. The van der Waals surface area contributed by atoms with Gasteiger partial charge in [-0.25, -0.2) is 8.42 Å². The molecule has 1 N–H and O–H groups in total.